The molecule has 1 heterocycles. The van der Waals surface area contributed by atoms with Crippen molar-refractivity contribution >= 4 is 18.3 Å². The van der Waals surface area contributed by atoms with E-state index in [0.717, 1.165) is 25.7 Å². The van der Waals surface area contributed by atoms with Gasteiger partial charge in [0.15, 0.2) is 0 Å². The van der Waals surface area contributed by atoms with Crippen molar-refractivity contribution in [3.05, 3.63) is 34.2 Å². The van der Waals surface area contributed by atoms with Gasteiger partial charge in [-0.2, -0.15) is 0 Å². The van der Waals surface area contributed by atoms with Crippen molar-refractivity contribution in [3.63, 3.8) is 0 Å². The van der Waals surface area contributed by atoms with Gasteiger partial charge >= 0.3 is 0 Å². The minimum absolute atomic E-state index is 0. The van der Waals surface area contributed by atoms with Gasteiger partial charge in [-0.1, -0.05) is 0 Å². The van der Waals surface area contributed by atoms with Crippen molar-refractivity contribution < 1.29 is 4.79 Å². The normalized spacial score (nSPS) is 22.4. The maximum atomic E-state index is 12.0. The van der Waals surface area contributed by atoms with Crippen molar-refractivity contribution in [2.75, 3.05) is 0 Å². The molecule has 19 heavy (non-hydrogen) atoms. The average molecular weight is 286 g/mol. The van der Waals surface area contributed by atoms with E-state index in [4.69, 9.17) is 5.73 Å². The van der Waals surface area contributed by atoms with Gasteiger partial charge in [0.25, 0.3) is 11.5 Å². The van der Waals surface area contributed by atoms with Crippen LogP contribution in [0.5, 0.6) is 0 Å². The third-order valence-electron chi connectivity index (χ3n) is 3.47. The predicted octanol–water partition coefficient (Wildman–Crippen LogP) is 0.807. The topological polar surface area (TPSA) is 77.1 Å². The number of hydrogen-bond acceptors (Lipinski definition) is 3. The lowest BCUT2D eigenvalue weighted by Gasteiger charge is -2.26. The summed E-state index contributed by atoms with van der Waals surface area (Å²) in [5.74, 6) is -0.173. The van der Waals surface area contributed by atoms with Gasteiger partial charge < -0.3 is 15.6 Å². The zero-order chi connectivity index (χ0) is 13.1. The summed E-state index contributed by atoms with van der Waals surface area (Å²) < 4.78 is 1.44. The van der Waals surface area contributed by atoms with Crippen LogP contribution >= 0.6 is 12.4 Å². The molecule has 0 saturated heterocycles. The maximum absolute atomic E-state index is 12.0. The second kappa shape index (κ2) is 6.73. The van der Waals surface area contributed by atoms with Gasteiger partial charge in [0.05, 0.1) is 0 Å². The largest absolute Gasteiger partial charge is 0.349 e. The number of nitrogens with zero attached hydrogens (tertiary/aromatic N) is 1. The molecule has 0 bridgehead atoms. The Hall–Kier alpha value is -1.33. The Morgan fingerprint density at radius 2 is 2.00 bits per heavy atom. The van der Waals surface area contributed by atoms with Gasteiger partial charge in [0.1, 0.15) is 0 Å². The molecule has 3 N–H and O–H groups in total. The van der Waals surface area contributed by atoms with Crippen LogP contribution < -0.4 is 16.6 Å². The molecule has 1 aromatic heterocycles. The fourth-order valence-corrected chi connectivity index (χ4v) is 2.22. The molecule has 1 saturated carbocycles. The molecule has 0 atom stereocenters. The highest BCUT2D eigenvalue weighted by Crippen LogP contribution is 2.17. The van der Waals surface area contributed by atoms with Gasteiger partial charge in [0, 0.05) is 37.0 Å². The van der Waals surface area contributed by atoms with Crippen LogP contribution in [0.15, 0.2) is 23.1 Å². The van der Waals surface area contributed by atoms with Crippen LogP contribution in [0, 0.1) is 0 Å². The number of halogens is 1. The number of aromatic nitrogens is 1. The van der Waals surface area contributed by atoms with Crippen molar-refractivity contribution in [1.29, 1.82) is 0 Å². The van der Waals surface area contributed by atoms with Crippen LogP contribution in [0.1, 0.15) is 36.0 Å². The number of carbonyl (C=O) groups is 1. The Kier molecular flexibility index (Phi) is 5.57. The van der Waals surface area contributed by atoms with Gasteiger partial charge in [-0.3, -0.25) is 9.59 Å². The number of nitrogens with two attached hydrogens (primary N) is 1. The molecule has 0 aliphatic heterocycles. The van der Waals surface area contributed by atoms with E-state index in [9.17, 15) is 9.59 Å². The molecule has 2 rings (SSSR count). The Morgan fingerprint density at radius 1 is 1.37 bits per heavy atom. The summed E-state index contributed by atoms with van der Waals surface area (Å²) in [4.78, 5) is 23.4. The highest BCUT2D eigenvalue weighted by Gasteiger charge is 2.20. The molecule has 1 fully saturated rings. The molecular weight excluding hydrogens is 266 g/mol. The molecular formula is C13H20ClN3O2. The Labute approximate surface area is 118 Å². The van der Waals surface area contributed by atoms with Gasteiger partial charge in [-0.25, -0.2) is 0 Å². The van der Waals surface area contributed by atoms with Crippen LogP contribution in [0.4, 0.5) is 0 Å². The molecule has 0 aromatic carbocycles. The first kappa shape index (κ1) is 15.7. The second-order valence-electron chi connectivity index (χ2n) is 4.95. The summed E-state index contributed by atoms with van der Waals surface area (Å²) in [7, 11) is 1.66. The minimum atomic E-state index is -0.173. The Morgan fingerprint density at radius 3 is 2.58 bits per heavy atom. The highest BCUT2D eigenvalue weighted by molar-refractivity contribution is 5.94. The van der Waals surface area contributed by atoms with E-state index < -0.39 is 0 Å². The van der Waals surface area contributed by atoms with E-state index in [1.807, 2.05) is 0 Å². The van der Waals surface area contributed by atoms with Gasteiger partial charge in [-0.05, 0) is 31.7 Å². The first-order valence-corrected chi connectivity index (χ1v) is 6.29. The fourth-order valence-electron chi connectivity index (χ4n) is 2.22. The van der Waals surface area contributed by atoms with E-state index in [0.29, 0.717) is 5.56 Å². The van der Waals surface area contributed by atoms with Gasteiger partial charge in [0.2, 0.25) is 0 Å². The number of nitrogens with one attached hydrogen (secondary N) is 1. The number of amides is 1. The molecule has 1 amide bonds. The molecule has 1 aromatic rings. The molecule has 0 radical (unpaired) electrons. The van der Waals surface area contributed by atoms with Crippen LogP contribution in [-0.4, -0.2) is 22.6 Å². The zero-order valence-corrected chi connectivity index (χ0v) is 11.8. The average Bonchev–Trinajstić information content (AvgIpc) is 2.35. The Bertz CT molecular complexity index is 493. The standard InChI is InChI=1S/C13H19N3O2.ClH/c1-16-7-6-9(8-12(16)17)13(18)15-11-4-2-10(14)3-5-11;/h6-8,10-11H,2-5,14H2,1H3,(H,15,18);1H. The van der Waals surface area contributed by atoms with E-state index in [-0.39, 0.29) is 36.0 Å². The van der Waals surface area contributed by atoms with E-state index in [1.165, 1.54) is 10.6 Å². The third kappa shape index (κ3) is 4.08. The second-order valence-corrected chi connectivity index (χ2v) is 4.95. The summed E-state index contributed by atoms with van der Waals surface area (Å²) in [6, 6.07) is 3.47. The summed E-state index contributed by atoms with van der Waals surface area (Å²) in [6.45, 7) is 0. The predicted molar refractivity (Wildman–Crippen MR) is 76.6 cm³/mol. The number of aryl methyl sites for hydroxylation is 1. The number of hydrogen-bond donors (Lipinski definition) is 2. The lowest BCUT2D eigenvalue weighted by atomic mass is 9.91. The minimum Gasteiger partial charge on any atom is -0.349 e. The fraction of sp³-hybridized carbons (Fsp3) is 0.538. The van der Waals surface area contributed by atoms with Gasteiger partial charge in [-0.15, -0.1) is 12.4 Å². The van der Waals surface area contributed by atoms with E-state index in [1.54, 1.807) is 19.3 Å². The number of carbonyl (C=O) groups excluding carboxylic acids is 1. The number of rotatable bonds is 2. The van der Waals surface area contributed by atoms with E-state index >= 15 is 0 Å². The lowest BCUT2D eigenvalue weighted by molar-refractivity contribution is 0.0925. The van der Waals surface area contributed by atoms with Crippen LogP contribution in [0.25, 0.3) is 0 Å². The lowest BCUT2D eigenvalue weighted by Crippen LogP contribution is -2.40. The summed E-state index contributed by atoms with van der Waals surface area (Å²) in [6.07, 6.45) is 5.33. The first-order valence-electron chi connectivity index (χ1n) is 6.29. The summed E-state index contributed by atoms with van der Waals surface area (Å²) in [5.41, 5.74) is 6.07. The SMILES string of the molecule is Cl.Cn1ccc(C(=O)NC2CCC(N)CC2)cc1=O. The van der Waals surface area contributed by atoms with Crippen molar-refractivity contribution in [3.8, 4) is 0 Å². The first-order chi connectivity index (χ1) is 8.56. The molecule has 1 aliphatic rings. The molecule has 6 heteroatoms. The van der Waals surface area contributed by atoms with Crippen LogP contribution in [-0.2, 0) is 7.05 Å². The van der Waals surface area contributed by atoms with Crippen LogP contribution in [0.3, 0.4) is 0 Å². The third-order valence-corrected chi connectivity index (χ3v) is 3.47. The van der Waals surface area contributed by atoms with Crippen molar-refractivity contribution in [2.45, 2.75) is 37.8 Å². The molecule has 106 valence electrons. The maximum Gasteiger partial charge on any atom is 0.251 e. The molecule has 1 aliphatic carbocycles. The highest BCUT2D eigenvalue weighted by atomic mass is 35.5. The summed E-state index contributed by atoms with van der Waals surface area (Å²) in [5, 5.41) is 2.96. The van der Waals surface area contributed by atoms with Crippen molar-refractivity contribution in [2.24, 2.45) is 12.8 Å². The smallest absolute Gasteiger partial charge is 0.251 e. The molecule has 0 spiro atoms. The summed E-state index contributed by atoms with van der Waals surface area (Å²) >= 11 is 0. The Balaban J connectivity index is 0.00000180. The van der Waals surface area contributed by atoms with Crippen LogP contribution in [0.2, 0.25) is 0 Å². The quantitative estimate of drug-likeness (QED) is 0.844. The monoisotopic (exact) mass is 285 g/mol. The molecule has 5 nitrogen and oxygen atoms in total. The van der Waals surface area contributed by atoms with Crippen molar-refractivity contribution in [1.82, 2.24) is 9.88 Å². The van der Waals surface area contributed by atoms with E-state index in [2.05, 4.69) is 5.32 Å². The number of pyridine rings is 1. The molecule has 0 unspecified atom stereocenters. The zero-order valence-electron chi connectivity index (χ0n) is 11.0.